The molecule has 0 unspecified atom stereocenters. The molecule has 2 rings (SSSR count). The Morgan fingerprint density at radius 2 is 2.25 bits per heavy atom. The van der Waals surface area contributed by atoms with Crippen molar-refractivity contribution < 1.29 is 14.3 Å². The van der Waals surface area contributed by atoms with Gasteiger partial charge in [-0.2, -0.15) is 0 Å². The molecule has 0 spiro atoms. The van der Waals surface area contributed by atoms with Crippen LogP contribution in [0.5, 0.6) is 0 Å². The molecule has 0 aliphatic carbocycles. The Balaban J connectivity index is 2.06. The summed E-state index contributed by atoms with van der Waals surface area (Å²) in [5.74, 6) is -0.504. The summed E-state index contributed by atoms with van der Waals surface area (Å²) in [5.41, 5.74) is 0. The van der Waals surface area contributed by atoms with Crippen molar-refractivity contribution in [3.05, 3.63) is 27.4 Å². The molecule has 108 valence electrons. The molecule has 0 radical (unpaired) electrons. The van der Waals surface area contributed by atoms with Gasteiger partial charge in [0.15, 0.2) is 0 Å². The first-order valence-corrected chi connectivity index (χ1v) is 7.63. The van der Waals surface area contributed by atoms with E-state index in [1.54, 1.807) is 17.0 Å². The second kappa shape index (κ2) is 6.90. The third kappa shape index (κ3) is 3.61. The topological polar surface area (TPSA) is 46.6 Å². The maximum Gasteiger partial charge on any atom is 0.328 e. The molecule has 1 atom stereocenters. The van der Waals surface area contributed by atoms with Crippen LogP contribution in [0.1, 0.15) is 24.1 Å². The summed E-state index contributed by atoms with van der Waals surface area (Å²) in [7, 11) is 1.35. The lowest BCUT2D eigenvalue weighted by Gasteiger charge is -2.32. The van der Waals surface area contributed by atoms with Gasteiger partial charge in [-0.3, -0.25) is 4.79 Å². The number of halogens is 1. The molecule has 1 aliphatic rings. The molecule has 0 N–H and O–H groups in total. The minimum absolute atomic E-state index is 0.162. The number of nitrogens with zero attached hydrogens (tertiary/aromatic N) is 1. The van der Waals surface area contributed by atoms with E-state index >= 15 is 0 Å². The van der Waals surface area contributed by atoms with Gasteiger partial charge in [0.25, 0.3) is 0 Å². The Labute approximate surface area is 127 Å². The standard InChI is InChI=1S/C14H16ClNO3S/c1-19-14(18)11-4-2-3-9-16(11)13(17)8-6-10-5-7-12(15)20-10/h5-8,11H,2-4,9H2,1H3/b8-6+/t11-/m1/s1. The van der Waals surface area contributed by atoms with Crippen LogP contribution in [0.4, 0.5) is 0 Å². The normalized spacial score (nSPS) is 19.3. The van der Waals surface area contributed by atoms with Crippen LogP contribution in [0, 0.1) is 0 Å². The second-order valence-electron chi connectivity index (χ2n) is 4.54. The molecule has 0 bridgehead atoms. The van der Waals surface area contributed by atoms with Crippen LogP contribution in [0.25, 0.3) is 6.08 Å². The lowest BCUT2D eigenvalue weighted by molar-refractivity contribution is -0.153. The van der Waals surface area contributed by atoms with E-state index in [-0.39, 0.29) is 11.9 Å². The number of carbonyl (C=O) groups excluding carboxylic acids is 2. The van der Waals surface area contributed by atoms with E-state index in [4.69, 9.17) is 16.3 Å². The number of rotatable bonds is 3. The lowest BCUT2D eigenvalue weighted by atomic mass is 10.0. The molecule has 6 heteroatoms. The smallest absolute Gasteiger partial charge is 0.328 e. The predicted octanol–water partition coefficient (Wildman–Crippen LogP) is 2.97. The van der Waals surface area contributed by atoms with Gasteiger partial charge < -0.3 is 9.64 Å². The van der Waals surface area contributed by atoms with Gasteiger partial charge in [-0.05, 0) is 37.5 Å². The van der Waals surface area contributed by atoms with E-state index in [1.807, 2.05) is 6.07 Å². The van der Waals surface area contributed by atoms with Crippen LogP contribution in [-0.4, -0.2) is 36.5 Å². The van der Waals surface area contributed by atoms with E-state index in [0.29, 0.717) is 17.3 Å². The molecule has 1 amide bonds. The van der Waals surface area contributed by atoms with Gasteiger partial charge in [0.2, 0.25) is 5.91 Å². The van der Waals surface area contributed by atoms with Crippen molar-refractivity contribution in [1.29, 1.82) is 0 Å². The van der Waals surface area contributed by atoms with Crippen LogP contribution in [0.15, 0.2) is 18.2 Å². The second-order valence-corrected chi connectivity index (χ2v) is 6.29. The average Bonchev–Trinajstić information content (AvgIpc) is 2.89. The van der Waals surface area contributed by atoms with Crippen LogP contribution in [-0.2, 0) is 14.3 Å². The van der Waals surface area contributed by atoms with Crippen molar-refractivity contribution in [2.45, 2.75) is 25.3 Å². The first-order chi connectivity index (χ1) is 9.61. The number of piperidine rings is 1. The maximum absolute atomic E-state index is 12.2. The van der Waals surface area contributed by atoms with Gasteiger partial charge in [0.05, 0.1) is 11.4 Å². The van der Waals surface area contributed by atoms with Crippen molar-refractivity contribution in [2.24, 2.45) is 0 Å². The van der Waals surface area contributed by atoms with Crippen LogP contribution in [0.2, 0.25) is 4.34 Å². The van der Waals surface area contributed by atoms with Crippen molar-refractivity contribution >= 4 is 40.9 Å². The molecule has 20 heavy (non-hydrogen) atoms. The number of ether oxygens (including phenoxy) is 1. The van der Waals surface area contributed by atoms with Crippen LogP contribution < -0.4 is 0 Å². The largest absolute Gasteiger partial charge is 0.467 e. The molecule has 1 aromatic rings. The van der Waals surface area contributed by atoms with Gasteiger partial charge in [-0.25, -0.2) is 4.79 Å². The minimum atomic E-state index is -0.460. The van der Waals surface area contributed by atoms with Gasteiger partial charge in [-0.15, -0.1) is 11.3 Å². The summed E-state index contributed by atoms with van der Waals surface area (Å²) in [6.45, 7) is 0.591. The maximum atomic E-state index is 12.2. The zero-order valence-corrected chi connectivity index (χ0v) is 12.7. The van der Waals surface area contributed by atoms with Gasteiger partial charge in [0.1, 0.15) is 6.04 Å². The van der Waals surface area contributed by atoms with Crippen LogP contribution in [0.3, 0.4) is 0 Å². The highest BCUT2D eigenvalue weighted by atomic mass is 35.5. The predicted molar refractivity (Wildman–Crippen MR) is 79.7 cm³/mol. The third-order valence-corrected chi connectivity index (χ3v) is 4.44. The SMILES string of the molecule is COC(=O)[C@H]1CCCCN1C(=O)/C=C/c1ccc(Cl)s1. The summed E-state index contributed by atoms with van der Waals surface area (Å²) in [5, 5.41) is 0. The summed E-state index contributed by atoms with van der Waals surface area (Å²) in [4.78, 5) is 26.4. The molecular weight excluding hydrogens is 298 g/mol. The molecule has 1 fully saturated rings. The van der Waals surface area contributed by atoms with Crippen molar-refractivity contribution in [3.63, 3.8) is 0 Å². The number of thiophene rings is 1. The Bertz CT molecular complexity index is 526. The lowest BCUT2D eigenvalue weighted by Crippen LogP contribution is -2.47. The number of esters is 1. The van der Waals surface area contributed by atoms with Crippen LogP contribution >= 0.6 is 22.9 Å². The summed E-state index contributed by atoms with van der Waals surface area (Å²) in [6.07, 6.45) is 5.73. The van der Waals surface area contributed by atoms with Gasteiger partial charge >= 0.3 is 5.97 Å². The highest BCUT2D eigenvalue weighted by Crippen LogP contribution is 2.23. The van der Waals surface area contributed by atoms with Crippen molar-refractivity contribution in [2.75, 3.05) is 13.7 Å². The molecule has 2 heterocycles. The average molecular weight is 314 g/mol. The zero-order valence-electron chi connectivity index (χ0n) is 11.2. The quantitative estimate of drug-likeness (QED) is 0.636. The molecule has 1 aliphatic heterocycles. The van der Waals surface area contributed by atoms with Crippen molar-refractivity contribution in [1.82, 2.24) is 4.90 Å². The molecule has 0 aromatic carbocycles. The molecular formula is C14H16ClNO3S. The molecule has 1 aromatic heterocycles. The third-order valence-electron chi connectivity index (χ3n) is 3.24. The van der Waals surface area contributed by atoms with E-state index in [1.165, 1.54) is 24.5 Å². The summed E-state index contributed by atoms with van der Waals surface area (Å²) >= 11 is 7.24. The Morgan fingerprint density at radius 3 is 2.90 bits per heavy atom. The van der Waals surface area contributed by atoms with E-state index in [2.05, 4.69) is 0 Å². The Morgan fingerprint density at radius 1 is 1.45 bits per heavy atom. The summed E-state index contributed by atoms with van der Waals surface area (Å²) in [6, 6.07) is 3.18. The number of amides is 1. The highest BCUT2D eigenvalue weighted by molar-refractivity contribution is 7.17. The Kier molecular flexibility index (Phi) is 5.20. The van der Waals surface area contributed by atoms with Gasteiger partial charge in [0, 0.05) is 17.5 Å². The first-order valence-electron chi connectivity index (χ1n) is 6.43. The number of hydrogen-bond donors (Lipinski definition) is 0. The van der Waals surface area contributed by atoms with Crippen molar-refractivity contribution in [3.8, 4) is 0 Å². The monoisotopic (exact) mass is 313 g/mol. The fourth-order valence-corrected chi connectivity index (χ4v) is 3.21. The number of methoxy groups -OCH3 is 1. The fourth-order valence-electron chi connectivity index (χ4n) is 2.24. The van der Waals surface area contributed by atoms with E-state index in [9.17, 15) is 9.59 Å². The highest BCUT2D eigenvalue weighted by Gasteiger charge is 2.31. The van der Waals surface area contributed by atoms with E-state index < -0.39 is 6.04 Å². The van der Waals surface area contributed by atoms with Gasteiger partial charge in [-0.1, -0.05) is 11.6 Å². The number of carbonyl (C=O) groups is 2. The minimum Gasteiger partial charge on any atom is -0.467 e. The number of likely N-dealkylation sites (tertiary alicyclic amines) is 1. The fraction of sp³-hybridized carbons (Fsp3) is 0.429. The molecule has 0 saturated carbocycles. The first kappa shape index (κ1) is 15.1. The number of hydrogen-bond acceptors (Lipinski definition) is 4. The molecule has 4 nitrogen and oxygen atoms in total. The van der Waals surface area contributed by atoms with E-state index in [0.717, 1.165) is 17.7 Å². The molecule has 1 saturated heterocycles. The summed E-state index contributed by atoms with van der Waals surface area (Å²) < 4.78 is 5.45. The Hall–Kier alpha value is -1.33. The zero-order chi connectivity index (χ0) is 14.5.